The average Bonchev–Trinajstić information content (AvgIpc) is 3.29. The quantitative estimate of drug-likeness (QED) is 0.320. The average molecular weight is 474 g/mol. The molecule has 1 saturated heterocycles. The van der Waals surface area contributed by atoms with Gasteiger partial charge in [-0.25, -0.2) is 0 Å². The Bertz CT molecular complexity index is 1190. The number of anilines is 1. The van der Waals surface area contributed by atoms with Crippen LogP contribution in [0, 0.1) is 5.92 Å². The van der Waals surface area contributed by atoms with Gasteiger partial charge in [-0.1, -0.05) is 49.4 Å². The van der Waals surface area contributed by atoms with Crippen molar-refractivity contribution in [2.45, 2.75) is 25.9 Å². The number of methoxy groups -OCH3 is 1. The van der Waals surface area contributed by atoms with Gasteiger partial charge in [0.05, 0.1) is 13.0 Å². The second-order valence-corrected chi connectivity index (χ2v) is 8.22. The molecular weight excluding hydrogens is 446 g/mol. The first-order valence-corrected chi connectivity index (χ1v) is 11.5. The molecule has 0 radical (unpaired) electrons. The molecule has 0 spiro atoms. The van der Waals surface area contributed by atoms with E-state index in [0.717, 1.165) is 0 Å². The Hall–Kier alpha value is -4.13. The van der Waals surface area contributed by atoms with Crippen LogP contribution in [0.1, 0.15) is 30.1 Å². The van der Waals surface area contributed by atoms with Crippen LogP contribution in [-0.2, 0) is 14.3 Å². The van der Waals surface area contributed by atoms with Gasteiger partial charge in [-0.15, -0.1) is 0 Å². The molecule has 0 aliphatic carbocycles. The Morgan fingerprint density at radius 1 is 0.943 bits per heavy atom. The summed E-state index contributed by atoms with van der Waals surface area (Å²) >= 11 is 0. The molecule has 3 aromatic carbocycles. The van der Waals surface area contributed by atoms with E-state index >= 15 is 0 Å². The zero-order valence-corrected chi connectivity index (χ0v) is 19.7. The van der Waals surface area contributed by atoms with Gasteiger partial charge in [0, 0.05) is 24.2 Å². The topological polar surface area (TPSA) is 82.1 Å². The van der Waals surface area contributed by atoms with E-state index in [9.17, 15) is 14.4 Å². The number of ether oxygens (including phenoxy) is 3. The van der Waals surface area contributed by atoms with Gasteiger partial charge in [0.15, 0.2) is 17.6 Å². The minimum Gasteiger partial charge on any atom is -0.493 e. The van der Waals surface area contributed by atoms with Crippen LogP contribution in [0.5, 0.6) is 17.2 Å². The smallest absolute Gasteiger partial charge is 0.312 e. The number of amides is 1. The number of ketones is 1. The molecule has 4 rings (SSSR count). The van der Waals surface area contributed by atoms with Gasteiger partial charge < -0.3 is 19.1 Å². The molecule has 7 nitrogen and oxygen atoms in total. The first kappa shape index (κ1) is 24.0. The van der Waals surface area contributed by atoms with E-state index in [2.05, 4.69) is 0 Å². The maximum absolute atomic E-state index is 12.8. The summed E-state index contributed by atoms with van der Waals surface area (Å²) < 4.78 is 16.7. The Morgan fingerprint density at radius 2 is 1.60 bits per heavy atom. The number of para-hydroxylation sites is 2. The molecule has 3 aromatic rings. The van der Waals surface area contributed by atoms with E-state index in [1.165, 1.54) is 0 Å². The fourth-order valence-corrected chi connectivity index (χ4v) is 3.99. The Morgan fingerprint density at radius 3 is 2.26 bits per heavy atom. The zero-order chi connectivity index (χ0) is 24.8. The van der Waals surface area contributed by atoms with E-state index in [1.807, 2.05) is 24.3 Å². The highest BCUT2D eigenvalue weighted by Gasteiger charge is 2.37. The minimum atomic E-state index is -0.875. The molecule has 1 amide bonds. The first-order chi connectivity index (χ1) is 17.0. The third-order valence-electron chi connectivity index (χ3n) is 5.88. The van der Waals surface area contributed by atoms with Crippen molar-refractivity contribution in [3.63, 3.8) is 0 Å². The summed E-state index contributed by atoms with van der Waals surface area (Å²) in [5, 5.41) is 0. The van der Waals surface area contributed by atoms with Gasteiger partial charge >= 0.3 is 5.97 Å². The lowest BCUT2D eigenvalue weighted by atomic mass is 10.0. The van der Waals surface area contributed by atoms with E-state index < -0.39 is 18.0 Å². The predicted molar refractivity (Wildman–Crippen MR) is 131 cm³/mol. The first-order valence-electron chi connectivity index (χ1n) is 11.5. The van der Waals surface area contributed by atoms with Crippen molar-refractivity contribution in [1.82, 2.24) is 0 Å². The van der Waals surface area contributed by atoms with E-state index in [1.54, 1.807) is 73.5 Å². The fraction of sp³-hybridized carbons (Fsp3) is 0.250. The largest absolute Gasteiger partial charge is 0.493 e. The molecule has 2 atom stereocenters. The molecule has 1 aliphatic rings. The molecular formula is C28H27NO6. The molecule has 0 saturated carbocycles. The van der Waals surface area contributed by atoms with Gasteiger partial charge in [-0.2, -0.15) is 0 Å². The van der Waals surface area contributed by atoms with E-state index in [4.69, 9.17) is 14.2 Å². The number of nitrogens with zero attached hydrogens (tertiary/aromatic N) is 1. The summed E-state index contributed by atoms with van der Waals surface area (Å²) in [6, 6.07) is 23.1. The lowest BCUT2D eigenvalue weighted by molar-refractivity contribution is -0.151. The maximum atomic E-state index is 12.8. The molecule has 0 aromatic heterocycles. The van der Waals surface area contributed by atoms with Crippen LogP contribution in [0.4, 0.5) is 5.69 Å². The highest BCUT2D eigenvalue weighted by atomic mass is 16.5. The monoisotopic (exact) mass is 473 g/mol. The molecule has 1 heterocycles. The van der Waals surface area contributed by atoms with Crippen molar-refractivity contribution in [3.8, 4) is 17.2 Å². The normalized spacial score (nSPS) is 16.0. The third kappa shape index (κ3) is 5.51. The molecule has 0 N–H and O–H groups in total. The standard InChI is InChI=1S/C28H27NO6/c1-3-23(27(31)19-9-5-4-6-10-19)35-28(32)20-17-26(30)29(18-20)21-13-15-22(16-14-21)34-25-12-8-7-11-24(25)33-2/h4-16,20,23H,3,17-18H2,1-2H3/t20-,23+/m1/s1. The zero-order valence-electron chi connectivity index (χ0n) is 19.7. The number of hydrogen-bond donors (Lipinski definition) is 0. The summed E-state index contributed by atoms with van der Waals surface area (Å²) in [6.45, 7) is 1.99. The Labute approximate surface area is 204 Å². The highest BCUT2D eigenvalue weighted by Crippen LogP contribution is 2.33. The van der Waals surface area contributed by atoms with Crippen molar-refractivity contribution in [2.24, 2.45) is 5.92 Å². The summed E-state index contributed by atoms with van der Waals surface area (Å²) in [4.78, 5) is 39.7. The Kier molecular flexibility index (Phi) is 7.45. The van der Waals surface area contributed by atoms with Gasteiger partial charge in [0.2, 0.25) is 11.7 Å². The summed E-state index contributed by atoms with van der Waals surface area (Å²) in [6.07, 6.45) is -0.480. The molecule has 1 aliphatic heterocycles. The fourth-order valence-electron chi connectivity index (χ4n) is 3.99. The van der Waals surface area contributed by atoms with Crippen molar-refractivity contribution in [3.05, 3.63) is 84.4 Å². The number of hydrogen-bond acceptors (Lipinski definition) is 6. The molecule has 7 heteroatoms. The summed E-state index contributed by atoms with van der Waals surface area (Å²) in [7, 11) is 1.58. The summed E-state index contributed by atoms with van der Waals surface area (Å²) in [5.74, 6) is 0.201. The van der Waals surface area contributed by atoms with Crippen LogP contribution in [-0.4, -0.2) is 37.4 Å². The Balaban J connectivity index is 1.39. The number of esters is 1. The van der Waals surface area contributed by atoms with Crippen LogP contribution in [0.25, 0.3) is 0 Å². The lowest BCUT2D eigenvalue weighted by Crippen LogP contribution is -2.31. The van der Waals surface area contributed by atoms with Crippen LogP contribution in [0.3, 0.4) is 0 Å². The number of carbonyl (C=O) groups is 3. The number of Topliss-reactive ketones (excluding diaryl/α,β-unsaturated/α-hetero) is 1. The number of rotatable bonds is 9. The van der Waals surface area contributed by atoms with Crippen LogP contribution < -0.4 is 14.4 Å². The maximum Gasteiger partial charge on any atom is 0.312 e. The number of carbonyl (C=O) groups excluding carboxylic acids is 3. The van der Waals surface area contributed by atoms with Gasteiger partial charge in [-0.3, -0.25) is 14.4 Å². The SMILES string of the molecule is CC[C@H](OC(=O)[C@@H]1CC(=O)N(c2ccc(Oc3ccccc3OC)cc2)C1)C(=O)c1ccccc1. The van der Waals surface area contributed by atoms with Crippen LogP contribution in [0.15, 0.2) is 78.9 Å². The molecule has 180 valence electrons. The van der Waals surface area contributed by atoms with Crippen molar-refractivity contribution in [1.29, 1.82) is 0 Å². The second-order valence-electron chi connectivity index (χ2n) is 8.22. The lowest BCUT2D eigenvalue weighted by Gasteiger charge is -2.19. The van der Waals surface area contributed by atoms with Crippen molar-refractivity contribution in [2.75, 3.05) is 18.6 Å². The van der Waals surface area contributed by atoms with E-state index in [-0.39, 0.29) is 24.7 Å². The highest BCUT2D eigenvalue weighted by molar-refractivity contribution is 6.02. The molecule has 0 bridgehead atoms. The number of benzene rings is 3. The van der Waals surface area contributed by atoms with Gasteiger partial charge in [0.25, 0.3) is 0 Å². The van der Waals surface area contributed by atoms with Gasteiger partial charge in [0.1, 0.15) is 5.75 Å². The van der Waals surface area contributed by atoms with Crippen LogP contribution in [0.2, 0.25) is 0 Å². The van der Waals surface area contributed by atoms with Gasteiger partial charge in [-0.05, 0) is 42.8 Å². The third-order valence-corrected chi connectivity index (χ3v) is 5.88. The predicted octanol–water partition coefficient (Wildman–Crippen LogP) is 5.05. The molecule has 1 fully saturated rings. The second kappa shape index (κ2) is 10.9. The summed E-state index contributed by atoms with van der Waals surface area (Å²) in [5.41, 5.74) is 1.15. The van der Waals surface area contributed by atoms with Crippen LogP contribution >= 0.6 is 0 Å². The van der Waals surface area contributed by atoms with E-state index in [0.29, 0.717) is 34.9 Å². The minimum absolute atomic E-state index is 0.0360. The molecule has 35 heavy (non-hydrogen) atoms. The van der Waals surface area contributed by atoms with Crippen molar-refractivity contribution >= 4 is 23.3 Å². The van der Waals surface area contributed by atoms with Crippen molar-refractivity contribution < 1.29 is 28.6 Å². The molecule has 0 unspecified atom stereocenters.